The summed E-state index contributed by atoms with van der Waals surface area (Å²) in [5.41, 5.74) is 1.40. The molecule has 1 saturated heterocycles. The van der Waals surface area contributed by atoms with Crippen molar-refractivity contribution in [1.82, 2.24) is 14.5 Å². The summed E-state index contributed by atoms with van der Waals surface area (Å²) >= 11 is 5.99. The molecule has 150 valence electrons. The van der Waals surface area contributed by atoms with Crippen LogP contribution < -0.4 is 5.56 Å². The second kappa shape index (κ2) is 7.99. The number of pyridine rings is 2. The quantitative estimate of drug-likeness (QED) is 0.639. The molecule has 0 aliphatic carbocycles. The zero-order valence-corrected chi connectivity index (χ0v) is 17.4. The Balaban J connectivity index is 1.83. The van der Waals surface area contributed by atoms with E-state index in [-0.39, 0.29) is 29.1 Å². The van der Waals surface area contributed by atoms with E-state index in [1.807, 2.05) is 29.2 Å². The molecule has 1 fully saturated rings. The highest BCUT2D eigenvalue weighted by molar-refractivity contribution is 6.30. The van der Waals surface area contributed by atoms with Crippen LogP contribution in [0, 0.1) is 0 Å². The first kappa shape index (κ1) is 19.6. The summed E-state index contributed by atoms with van der Waals surface area (Å²) in [5, 5.41) is 1.42. The number of rotatable bonds is 3. The number of aromatic nitrogens is 2. The van der Waals surface area contributed by atoms with Crippen molar-refractivity contribution in [1.29, 1.82) is 0 Å². The largest absolute Gasteiger partial charge is 0.333 e. The van der Waals surface area contributed by atoms with E-state index in [2.05, 4.69) is 18.8 Å². The lowest BCUT2D eigenvalue weighted by molar-refractivity contribution is 0.0508. The van der Waals surface area contributed by atoms with Gasteiger partial charge >= 0.3 is 0 Å². The topological polar surface area (TPSA) is 55.2 Å². The standard InChI is InChI=1S/C23H24ClN3O2/c1-15-5-3-6-16(2)27(15)23(29)20-13-18-7-4-12-25-21(18)26(22(20)28)14-17-8-10-19(24)11-9-17/h4,7-13,15-16H,3,5-6,14H2,1-2H3. The summed E-state index contributed by atoms with van der Waals surface area (Å²) in [6, 6.07) is 13.0. The van der Waals surface area contributed by atoms with E-state index in [4.69, 9.17) is 11.6 Å². The Bertz CT molecular complexity index is 1100. The minimum Gasteiger partial charge on any atom is -0.333 e. The van der Waals surface area contributed by atoms with Gasteiger partial charge in [-0.1, -0.05) is 23.7 Å². The van der Waals surface area contributed by atoms with E-state index >= 15 is 0 Å². The van der Waals surface area contributed by atoms with Crippen molar-refractivity contribution in [3.63, 3.8) is 0 Å². The highest BCUT2D eigenvalue weighted by Gasteiger charge is 2.31. The van der Waals surface area contributed by atoms with Gasteiger partial charge in [-0.15, -0.1) is 0 Å². The average molecular weight is 410 g/mol. The first-order valence-corrected chi connectivity index (χ1v) is 10.4. The Labute approximate surface area is 174 Å². The molecule has 6 heteroatoms. The third-order valence-corrected chi connectivity index (χ3v) is 6.01. The molecule has 1 aromatic carbocycles. The van der Waals surface area contributed by atoms with Crippen LogP contribution in [0.3, 0.4) is 0 Å². The van der Waals surface area contributed by atoms with Gasteiger partial charge in [-0.3, -0.25) is 14.2 Å². The lowest BCUT2D eigenvalue weighted by Gasteiger charge is -2.39. The third kappa shape index (κ3) is 3.79. The SMILES string of the molecule is CC1CCCC(C)N1C(=O)c1cc2cccnc2n(Cc2ccc(Cl)cc2)c1=O. The normalized spacial score (nSPS) is 19.5. The Morgan fingerprint density at radius 2 is 1.83 bits per heavy atom. The van der Waals surface area contributed by atoms with Gasteiger partial charge < -0.3 is 4.90 Å². The number of amides is 1. The zero-order valence-electron chi connectivity index (χ0n) is 16.6. The minimum atomic E-state index is -0.305. The first-order chi connectivity index (χ1) is 14.0. The monoisotopic (exact) mass is 409 g/mol. The number of fused-ring (bicyclic) bond motifs is 1. The van der Waals surface area contributed by atoms with Crippen LogP contribution in [0.4, 0.5) is 0 Å². The molecule has 0 bridgehead atoms. The number of piperidine rings is 1. The molecular weight excluding hydrogens is 386 g/mol. The fourth-order valence-electron chi connectivity index (χ4n) is 4.24. The van der Waals surface area contributed by atoms with Crippen molar-refractivity contribution in [2.45, 2.75) is 51.7 Å². The van der Waals surface area contributed by atoms with Crippen LogP contribution in [0.1, 0.15) is 49.0 Å². The van der Waals surface area contributed by atoms with E-state index in [0.29, 0.717) is 17.2 Å². The number of carbonyl (C=O) groups excluding carboxylic acids is 1. The van der Waals surface area contributed by atoms with Gasteiger partial charge in [0.1, 0.15) is 11.2 Å². The van der Waals surface area contributed by atoms with Gasteiger partial charge in [0.25, 0.3) is 11.5 Å². The number of halogens is 1. The van der Waals surface area contributed by atoms with Crippen LogP contribution in [-0.2, 0) is 6.54 Å². The molecule has 5 nitrogen and oxygen atoms in total. The van der Waals surface area contributed by atoms with Gasteiger partial charge in [0.05, 0.1) is 6.54 Å². The summed E-state index contributed by atoms with van der Waals surface area (Å²) in [5.74, 6) is -0.190. The average Bonchev–Trinajstić information content (AvgIpc) is 2.71. The third-order valence-electron chi connectivity index (χ3n) is 5.76. The zero-order chi connectivity index (χ0) is 20.5. The van der Waals surface area contributed by atoms with Gasteiger partial charge in [0.15, 0.2) is 0 Å². The molecule has 2 unspecified atom stereocenters. The van der Waals surface area contributed by atoms with Gasteiger partial charge in [-0.2, -0.15) is 0 Å². The second-order valence-corrected chi connectivity index (χ2v) is 8.27. The van der Waals surface area contributed by atoms with Gasteiger partial charge in [0, 0.05) is 28.7 Å². The molecule has 0 saturated carbocycles. The van der Waals surface area contributed by atoms with Crippen LogP contribution in [0.5, 0.6) is 0 Å². The molecule has 1 aliphatic rings. The second-order valence-electron chi connectivity index (χ2n) is 7.83. The molecule has 2 atom stereocenters. The van der Waals surface area contributed by atoms with Crippen molar-refractivity contribution in [3.8, 4) is 0 Å². The molecule has 1 aliphatic heterocycles. The Morgan fingerprint density at radius 3 is 2.52 bits per heavy atom. The fraction of sp³-hybridized carbons (Fsp3) is 0.348. The van der Waals surface area contributed by atoms with E-state index in [9.17, 15) is 9.59 Å². The summed E-state index contributed by atoms with van der Waals surface area (Å²) in [4.78, 5) is 33.1. The van der Waals surface area contributed by atoms with Gasteiger partial charge in [-0.05, 0) is 69.0 Å². The summed E-state index contributed by atoms with van der Waals surface area (Å²) in [6.45, 7) is 4.44. The maximum atomic E-state index is 13.4. The number of hydrogen-bond acceptors (Lipinski definition) is 3. The minimum absolute atomic E-state index is 0.125. The smallest absolute Gasteiger partial charge is 0.265 e. The molecule has 1 amide bonds. The maximum Gasteiger partial charge on any atom is 0.265 e. The Morgan fingerprint density at radius 1 is 1.14 bits per heavy atom. The van der Waals surface area contributed by atoms with E-state index < -0.39 is 0 Å². The predicted octanol–water partition coefficient (Wildman–Crippen LogP) is 4.50. The van der Waals surface area contributed by atoms with E-state index in [1.54, 1.807) is 29.0 Å². The van der Waals surface area contributed by atoms with Gasteiger partial charge in [0.2, 0.25) is 0 Å². The molecular formula is C23H24ClN3O2. The number of likely N-dealkylation sites (tertiary alicyclic amines) is 1. The van der Waals surface area contributed by atoms with Crippen molar-refractivity contribution >= 4 is 28.5 Å². The maximum absolute atomic E-state index is 13.4. The van der Waals surface area contributed by atoms with Crippen molar-refractivity contribution < 1.29 is 4.79 Å². The first-order valence-electron chi connectivity index (χ1n) is 10.0. The summed E-state index contributed by atoms with van der Waals surface area (Å²) in [6.07, 6.45) is 4.69. The molecule has 0 spiro atoms. The van der Waals surface area contributed by atoms with Gasteiger partial charge in [-0.25, -0.2) is 4.98 Å². The Hall–Kier alpha value is -2.66. The Kier molecular flexibility index (Phi) is 5.41. The number of benzene rings is 1. The molecule has 3 heterocycles. The van der Waals surface area contributed by atoms with Crippen LogP contribution >= 0.6 is 11.6 Å². The van der Waals surface area contributed by atoms with Crippen LogP contribution in [0.25, 0.3) is 11.0 Å². The van der Waals surface area contributed by atoms with Crippen molar-refractivity contribution in [3.05, 3.63) is 75.2 Å². The number of hydrogen-bond donors (Lipinski definition) is 0. The van der Waals surface area contributed by atoms with Crippen molar-refractivity contribution in [2.24, 2.45) is 0 Å². The molecule has 0 N–H and O–H groups in total. The highest BCUT2D eigenvalue weighted by atomic mass is 35.5. The molecule has 29 heavy (non-hydrogen) atoms. The number of carbonyl (C=O) groups is 1. The molecule has 4 rings (SSSR count). The van der Waals surface area contributed by atoms with E-state index in [0.717, 1.165) is 30.2 Å². The predicted molar refractivity (Wildman–Crippen MR) is 116 cm³/mol. The van der Waals surface area contributed by atoms with Crippen LogP contribution in [0.2, 0.25) is 5.02 Å². The molecule has 3 aromatic rings. The number of nitrogens with zero attached hydrogens (tertiary/aromatic N) is 3. The fourth-order valence-corrected chi connectivity index (χ4v) is 4.37. The molecule has 2 aromatic heterocycles. The highest BCUT2D eigenvalue weighted by Crippen LogP contribution is 2.25. The van der Waals surface area contributed by atoms with Crippen LogP contribution in [0.15, 0.2) is 53.5 Å². The van der Waals surface area contributed by atoms with Crippen LogP contribution in [-0.4, -0.2) is 32.4 Å². The molecule has 0 radical (unpaired) electrons. The summed E-state index contributed by atoms with van der Waals surface area (Å²) < 4.78 is 1.59. The lowest BCUT2D eigenvalue weighted by Crippen LogP contribution is -2.49. The van der Waals surface area contributed by atoms with Crippen molar-refractivity contribution in [2.75, 3.05) is 0 Å². The van der Waals surface area contributed by atoms with E-state index in [1.165, 1.54) is 0 Å². The lowest BCUT2D eigenvalue weighted by atomic mass is 9.96. The summed E-state index contributed by atoms with van der Waals surface area (Å²) in [7, 11) is 0.